The van der Waals surface area contributed by atoms with Crippen LogP contribution in [0.1, 0.15) is 19.8 Å². The van der Waals surface area contributed by atoms with Crippen LogP contribution < -0.4 is 9.21 Å². The molecular formula is C13H16N2O3S. The predicted octanol–water partition coefficient (Wildman–Crippen LogP) is 1.35. The average molecular weight is 280 g/mol. The van der Waals surface area contributed by atoms with Gasteiger partial charge in [-0.3, -0.25) is 9.10 Å². The topological polar surface area (TPSA) is 57.7 Å². The lowest BCUT2D eigenvalue weighted by Crippen LogP contribution is -2.49. The number of sulfonamides is 1. The molecule has 0 atom stereocenters. The Kier molecular flexibility index (Phi) is 2.78. The monoisotopic (exact) mass is 280 g/mol. The highest BCUT2D eigenvalue weighted by atomic mass is 32.2. The van der Waals surface area contributed by atoms with Gasteiger partial charge < -0.3 is 4.90 Å². The minimum atomic E-state index is -3.41. The Bertz CT molecular complexity index is 623. The van der Waals surface area contributed by atoms with Crippen LogP contribution in [0.15, 0.2) is 24.3 Å². The molecule has 19 heavy (non-hydrogen) atoms. The molecule has 0 bridgehead atoms. The number of carbonyl (C=O) groups is 1. The van der Waals surface area contributed by atoms with Gasteiger partial charge >= 0.3 is 0 Å². The first-order valence-corrected chi connectivity index (χ1v) is 8.07. The quantitative estimate of drug-likeness (QED) is 0.840. The molecule has 1 aromatic carbocycles. The molecule has 1 amide bonds. The zero-order valence-corrected chi connectivity index (χ0v) is 11.6. The Morgan fingerprint density at radius 1 is 1.21 bits per heavy atom. The molecule has 0 N–H and O–H groups in total. The van der Waals surface area contributed by atoms with Gasteiger partial charge in [-0.15, -0.1) is 0 Å². The van der Waals surface area contributed by atoms with E-state index in [9.17, 15) is 13.2 Å². The van der Waals surface area contributed by atoms with Gasteiger partial charge in [0.25, 0.3) is 0 Å². The molecule has 1 aliphatic carbocycles. The second-order valence-electron chi connectivity index (χ2n) is 4.89. The maximum Gasteiger partial charge on any atom is 0.248 e. The summed E-state index contributed by atoms with van der Waals surface area (Å²) in [4.78, 5) is 14.0. The van der Waals surface area contributed by atoms with Crippen LogP contribution in [0, 0.1) is 0 Å². The zero-order valence-electron chi connectivity index (χ0n) is 10.7. The van der Waals surface area contributed by atoms with E-state index < -0.39 is 10.0 Å². The number of benzene rings is 1. The van der Waals surface area contributed by atoms with Gasteiger partial charge in [0.05, 0.1) is 17.1 Å². The highest BCUT2D eigenvalue weighted by Crippen LogP contribution is 2.41. The van der Waals surface area contributed by atoms with E-state index >= 15 is 0 Å². The summed E-state index contributed by atoms with van der Waals surface area (Å²) in [6.45, 7) is 1.51. The van der Waals surface area contributed by atoms with Crippen LogP contribution in [0.2, 0.25) is 0 Å². The van der Waals surface area contributed by atoms with Gasteiger partial charge in [0, 0.05) is 6.04 Å². The first-order chi connectivity index (χ1) is 9.04. The van der Waals surface area contributed by atoms with Crippen LogP contribution in [0.3, 0.4) is 0 Å². The van der Waals surface area contributed by atoms with Crippen LogP contribution in [0.25, 0.3) is 0 Å². The Labute approximate surface area is 112 Å². The van der Waals surface area contributed by atoms with Gasteiger partial charge in [-0.2, -0.15) is 0 Å². The molecule has 0 unspecified atom stereocenters. The average Bonchev–Trinajstić information content (AvgIpc) is 3.22. The van der Waals surface area contributed by atoms with Gasteiger partial charge in [0.15, 0.2) is 0 Å². The number of para-hydroxylation sites is 2. The van der Waals surface area contributed by atoms with Crippen molar-refractivity contribution in [1.29, 1.82) is 0 Å². The third-order valence-corrected chi connectivity index (χ3v) is 5.30. The zero-order chi connectivity index (χ0) is 13.6. The number of hydrogen-bond acceptors (Lipinski definition) is 3. The van der Waals surface area contributed by atoms with E-state index in [4.69, 9.17) is 0 Å². The maximum absolute atomic E-state index is 12.2. The molecule has 0 radical (unpaired) electrons. The van der Waals surface area contributed by atoms with E-state index in [-0.39, 0.29) is 24.2 Å². The van der Waals surface area contributed by atoms with Crippen molar-refractivity contribution in [3.05, 3.63) is 24.3 Å². The predicted molar refractivity (Wildman–Crippen MR) is 73.8 cm³/mol. The number of hydrogen-bond donors (Lipinski definition) is 0. The van der Waals surface area contributed by atoms with Crippen molar-refractivity contribution in [1.82, 2.24) is 0 Å². The summed E-state index contributed by atoms with van der Waals surface area (Å²) in [5.41, 5.74) is 1.34. The lowest BCUT2D eigenvalue weighted by atomic mass is 10.2. The summed E-state index contributed by atoms with van der Waals surface area (Å²) < 4.78 is 25.5. The van der Waals surface area contributed by atoms with Crippen LogP contribution in [-0.2, 0) is 14.8 Å². The molecule has 5 nitrogen and oxygen atoms in total. The second-order valence-corrected chi connectivity index (χ2v) is 7.07. The number of anilines is 2. The van der Waals surface area contributed by atoms with Crippen LogP contribution in [0.4, 0.5) is 11.4 Å². The number of fused-ring (bicyclic) bond motifs is 1. The molecule has 1 aliphatic heterocycles. The van der Waals surface area contributed by atoms with Crippen molar-refractivity contribution in [2.24, 2.45) is 0 Å². The SMILES string of the molecule is CCS(=O)(=O)N1CC(=O)N(C2CC2)c2ccccc21. The molecule has 1 aromatic rings. The van der Waals surface area contributed by atoms with Gasteiger partial charge in [0.2, 0.25) is 15.9 Å². The number of nitrogens with zero attached hydrogens (tertiary/aromatic N) is 2. The first kappa shape index (κ1) is 12.5. The van der Waals surface area contributed by atoms with Crippen molar-refractivity contribution in [2.75, 3.05) is 21.5 Å². The first-order valence-electron chi connectivity index (χ1n) is 6.46. The molecule has 3 rings (SSSR count). The number of rotatable bonds is 3. The largest absolute Gasteiger partial charge is 0.306 e. The standard InChI is InChI=1S/C13H16N2O3S/c1-2-19(17,18)14-9-13(16)15(10-7-8-10)12-6-4-3-5-11(12)14/h3-6,10H,2,7-9H2,1H3. The fourth-order valence-electron chi connectivity index (χ4n) is 2.43. The van der Waals surface area contributed by atoms with E-state index in [0.717, 1.165) is 18.5 Å². The second kappa shape index (κ2) is 4.23. The van der Waals surface area contributed by atoms with Crippen LogP contribution >= 0.6 is 0 Å². The van der Waals surface area contributed by atoms with E-state index in [1.807, 2.05) is 12.1 Å². The molecule has 6 heteroatoms. The molecule has 0 saturated heterocycles. The lowest BCUT2D eigenvalue weighted by Gasteiger charge is -2.36. The summed E-state index contributed by atoms with van der Waals surface area (Å²) in [7, 11) is -3.41. The van der Waals surface area contributed by atoms with E-state index in [1.165, 1.54) is 4.31 Å². The smallest absolute Gasteiger partial charge is 0.248 e. The molecule has 2 aliphatic rings. The molecule has 102 valence electrons. The highest BCUT2D eigenvalue weighted by molar-refractivity contribution is 7.92. The summed E-state index contributed by atoms with van der Waals surface area (Å²) in [6.07, 6.45) is 2.00. The Balaban J connectivity index is 2.12. The van der Waals surface area contributed by atoms with Crippen LogP contribution in [0.5, 0.6) is 0 Å². The van der Waals surface area contributed by atoms with Crippen molar-refractivity contribution < 1.29 is 13.2 Å². The third-order valence-electron chi connectivity index (χ3n) is 3.57. The fourth-order valence-corrected chi connectivity index (χ4v) is 3.51. The third kappa shape index (κ3) is 2.00. The maximum atomic E-state index is 12.2. The molecule has 1 fully saturated rings. The summed E-state index contributed by atoms with van der Waals surface area (Å²) >= 11 is 0. The molecule has 0 aromatic heterocycles. The summed E-state index contributed by atoms with van der Waals surface area (Å²) in [6, 6.07) is 7.48. The molecular weight excluding hydrogens is 264 g/mol. The van der Waals surface area contributed by atoms with Gasteiger partial charge in [0.1, 0.15) is 6.54 Å². The Morgan fingerprint density at radius 2 is 1.84 bits per heavy atom. The number of amides is 1. The van der Waals surface area contributed by atoms with Gasteiger partial charge in [-0.05, 0) is 31.9 Å². The van der Waals surface area contributed by atoms with Crippen molar-refractivity contribution in [3.8, 4) is 0 Å². The molecule has 1 saturated carbocycles. The Morgan fingerprint density at radius 3 is 2.42 bits per heavy atom. The van der Waals surface area contributed by atoms with Crippen molar-refractivity contribution in [2.45, 2.75) is 25.8 Å². The van der Waals surface area contributed by atoms with E-state index in [1.54, 1.807) is 24.0 Å². The van der Waals surface area contributed by atoms with E-state index in [0.29, 0.717) is 5.69 Å². The van der Waals surface area contributed by atoms with Gasteiger partial charge in [-0.1, -0.05) is 12.1 Å². The summed E-state index contributed by atoms with van der Waals surface area (Å²) in [5.74, 6) is -0.129. The van der Waals surface area contributed by atoms with Crippen molar-refractivity contribution >= 4 is 27.3 Å². The fraction of sp³-hybridized carbons (Fsp3) is 0.462. The van der Waals surface area contributed by atoms with Crippen molar-refractivity contribution in [3.63, 3.8) is 0 Å². The number of carbonyl (C=O) groups excluding carboxylic acids is 1. The lowest BCUT2D eigenvalue weighted by molar-refractivity contribution is -0.117. The highest BCUT2D eigenvalue weighted by Gasteiger charge is 2.41. The minimum Gasteiger partial charge on any atom is -0.306 e. The minimum absolute atomic E-state index is 0.00194. The van der Waals surface area contributed by atoms with Crippen LogP contribution in [-0.4, -0.2) is 32.7 Å². The van der Waals surface area contributed by atoms with Gasteiger partial charge in [-0.25, -0.2) is 8.42 Å². The normalized spacial score (nSPS) is 19.5. The molecule has 0 spiro atoms. The molecule has 1 heterocycles. The summed E-state index contributed by atoms with van der Waals surface area (Å²) in [5, 5.41) is 0. The van der Waals surface area contributed by atoms with E-state index in [2.05, 4.69) is 0 Å². The Hall–Kier alpha value is -1.56.